The summed E-state index contributed by atoms with van der Waals surface area (Å²) in [4.78, 5) is 39.6. The molecule has 7 heteroatoms. The van der Waals surface area contributed by atoms with Gasteiger partial charge >= 0.3 is 6.09 Å². The number of alkyl carbamates (subject to hydrolysis) is 1. The molecule has 1 saturated carbocycles. The molecule has 0 aromatic carbocycles. The summed E-state index contributed by atoms with van der Waals surface area (Å²) < 4.78 is 5.12. The van der Waals surface area contributed by atoms with Crippen LogP contribution in [-0.2, 0) is 14.3 Å². The Balaban J connectivity index is 1.69. The summed E-state index contributed by atoms with van der Waals surface area (Å²) in [5.41, 5.74) is -0.593. The Morgan fingerprint density at radius 2 is 1.59 bits per heavy atom. The normalized spacial score (nSPS) is 19.2. The fraction of sp³-hybridized carbons (Fsp3) is 0.750. The molecular formula is C20H33N3O4. The molecule has 2 rings (SSSR count). The molecular weight excluding hydrogens is 346 g/mol. The highest BCUT2D eigenvalue weighted by Crippen LogP contribution is 2.24. The van der Waals surface area contributed by atoms with Crippen LogP contribution in [0.5, 0.6) is 0 Å². The number of carbonyl (C=O) groups excluding carboxylic acids is 3. The van der Waals surface area contributed by atoms with Gasteiger partial charge in [0.15, 0.2) is 0 Å². The summed E-state index contributed by atoms with van der Waals surface area (Å²) >= 11 is 0. The minimum absolute atomic E-state index is 0.0274. The van der Waals surface area contributed by atoms with E-state index in [0.29, 0.717) is 32.1 Å². The molecule has 0 unspecified atom stereocenters. The van der Waals surface area contributed by atoms with Crippen molar-refractivity contribution >= 4 is 17.9 Å². The van der Waals surface area contributed by atoms with E-state index in [0.717, 1.165) is 0 Å². The zero-order valence-corrected chi connectivity index (χ0v) is 16.8. The molecule has 0 radical (unpaired) electrons. The summed E-state index contributed by atoms with van der Waals surface area (Å²) in [5.74, 6) is 0.398. The molecule has 7 nitrogen and oxygen atoms in total. The Labute approximate surface area is 162 Å². The Hall–Kier alpha value is -2.05. The highest BCUT2D eigenvalue weighted by atomic mass is 16.6. The zero-order chi connectivity index (χ0) is 19.9. The van der Waals surface area contributed by atoms with E-state index in [1.165, 1.54) is 32.1 Å². The van der Waals surface area contributed by atoms with Crippen molar-refractivity contribution in [3.8, 4) is 0 Å². The van der Waals surface area contributed by atoms with Gasteiger partial charge in [0.1, 0.15) is 12.1 Å². The number of nitrogens with one attached hydrogen (secondary N) is 1. The number of hydrogen-bond donors (Lipinski definition) is 1. The van der Waals surface area contributed by atoms with Crippen molar-refractivity contribution in [2.24, 2.45) is 5.92 Å². The van der Waals surface area contributed by atoms with E-state index >= 15 is 0 Å². The van der Waals surface area contributed by atoms with Gasteiger partial charge in [-0.3, -0.25) is 9.59 Å². The van der Waals surface area contributed by atoms with Crippen LogP contribution in [-0.4, -0.2) is 66.0 Å². The molecule has 3 amide bonds. The molecule has 0 bridgehead atoms. The van der Waals surface area contributed by atoms with Crippen LogP contribution in [0.15, 0.2) is 12.2 Å². The van der Waals surface area contributed by atoms with Crippen molar-refractivity contribution in [3.63, 3.8) is 0 Å². The van der Waals surface area contributed by atoms with Crippen LogP contribution < -0.4 is 5.32 Å². The molecule has 0 spiro atoms. The third-order valence-electron chi connectivity index (χ3n) is 4.89. The number of amides is 3. The number of ether oxygens (including phenoxy) is 1. The van der Waals surface area contributed by atoms with Crippen molar-refractivity contribution in [1.29, 1.82) is 0 Å². The average molecular weight is 380 g/mol. The van der Waals surface area contributed by atoms with Gasteiger partial charge in [0.05, 0.1) is 0 Å². The average Bonchev–Trinajstić information content (AvgIpc) is 2.64. The smallest absolute Gasteiger partial charge is 0.408 e. The third kappa shape index (κ3) is 7.61. The molecule has 0 aromatic heterocycles. The van der Waals surface area contributed by atoms with Crippen LogP contribution in [0.1, 0.15) is 52.9 Å². The number of rotatable bonds is 4. The van der Waals surface area contributed by atoms with Gasteiger partial charge in [-0.25, -0.2) is 4.79 Å². The fourth-order valence-electron chi connectivity index (χ4n) is 3.40. The van der Waals surface area contributed by atoms with Crippen LogP contribution in [0.25, 0.3) is 0 Å². The van der Waals surface area contributed by atoms with Gasteiger partial charge in [-0.15, -0.1) is 0 Å². The minimum atomic E-state index is -0.600. The first-order valence-corrected chi connectivity index (χ1v) is 9.96. The van der Waals surface area contributed by atoms with E-state index in [4.69, 9.17) is 4.74 Å². The van der Waals surface area contributed by atoms with Gasteiger partial charge in [-0.2, -0.15) is 0 Å². The molecule has 152 valence electrons. The maximum absolute atomic E-state index is 12.3. The number of allylic oxidation sites excluding steroid dienone is 1. The maximum atomic E-state index is 12.3. The molecule has 1 heterocycles. The van der Waals surface area contributed by atoms with Gasteiger partial charge in [-0.1, -0.05) is 25.3 Å². The molecule has 0 aromatic rings. The van der Waals surface area contributed by atoms with Crippen molar-refractivity contribution in [3.05, 3.63) is 12.2 Å². The van der Waals surface area contributed by atoms with E-state index in [-0.39, 0.29) is 18.4 Å². The van der Waals surface area contributed by atoms with E-state index in [1.807, 2.05) is 0 Å². The largest absolute Gasteiger partial charge is 0.444 e. The number of nitrogens with zero attached hydrogens (tertiary/aromatic N) is 2. The van der Waals surface area contributed by atoms with Crippen LogP contribution in [0.4, 0.5) is 4.79 Å². The maximum Gasteiger partial charge on any atom is 0.408 e. The van der Waals surface area contributed by atoms with Gasteiger partial charge < -0.3 is 19.9 Å². The first-order valence-electron chi connectivity index (χ1n) is 9.96. The van der Waals surface area contributed by atoms with Crippen LogP contribution in [0, 0.1) is 5.92 Å². The molecule has 1 aliphatic heterocycles. The van der Waals surface area contributed by atoms with E-state index in [1.54, 1.807) is 36.6 Å². The van der Waals surface area contributed by atoms with E-state index in [2.05, 4.69) is 11.4 Å². The summed E-state index contributed by atoms with van der Waals surface area (Å²) in [6.45, 7) is 7.23. The lowest BCUT2D eigenvalue weighted by molar-refractivity contribution is -0.136. The number of carbonyl (C=O) groups is 3. The topological polar surface area (TPSA) is 79.0 Å². The second-order valence-corrected chi connectivity index (χ2v) is 8.32. The molecule has 1 N–H and O–H groups in total. The first-order chi connectivity index (χ1) is 12.7. The Bertz CT molecular complexity index is 554. The molecule has 2 aliphatic rings. The SMILES string of the molecule is CC(C)(C)OC(=O)NCC(=O)N1CCN(C(=O)/C=C/C2CCCCC2)CC1. The lowest BCUT2D eigenvalue weighted by atomic mass is 9.89. The highest BCUT2D eigenvalue weighted by Gasteiger charge is 2.24. The monoisotopic (exact) mass is 379 g/mol. The number of hydrogen-bond acceptors (Lipinski definition) is 4. The van der Waals surface area contributed by atoms with Gasteiger partial charge in [0.2, 0.25) is 11.8 Å². The van der Waals surface area contributed by atoms with Crippen LogP contribution >= 0.6 is 0 Å². The lowest BCUT2D eigenvalue weighted by Gasteiger charge is -2.34. The predicted molar refractivity (Wildman–Crippen MR) is 103 cm³/mol. The van der Waals surface area contributed by atoms with Crippen molar-refractivity contribution in [1.82, 2.24) is 15.1 Å². The molecule has 1 saturated heterocycles. The van der Waals surface area contributed by atoms with Gasteiger partial charge in [-0.05, 0) is 45.6 Å². The quantitative estimate of drug-likeness (QED) is 0.761. The summed E-state index contributed by atoms with van der Waals surface area (Å²) in [5, 5.41) is 2.48. The lowest BCUT2D eigenvalue weighted by Crippen LogP contribution is -2.52. The molecule has 27 heavy (non-hydrogen) atoms. The molecule has 2 fully saturated rings. The standard InChI is InChI=1S/C20H33N3O4/c1-20(2,3)27-19(26)21-15-18(25)23-13-11-22(12-14-23)17(24)10-9-16-7-5-4-6-8-16/h9-10,16H,4-8,11-15H2,1-3H3,(H,21,26)/b10-9+. The highest BCUT2D eigenvalue weighted by molar-refractivity contribution is 5.88. The molecule has 0 atom stereocenters. The van der Waals surface area contributed by atoms with Crippen molar-refractivity contribution < 1.29 is 19.1 Å². The summed E-state index contributed by atoms with van der Waals surface area (Å²) in [6.07, 6.45) is 9.33. The van der Waals surface area contributed by atoms with E-state index < -0.39 is 11.7 Å². The summed E-state index contributed by atoms with van der Waals surface area (Å²) in [6, 6.07) is 0. The second-order valence-electron chi connectivity index (χ2n) is 8.32. The zero-order valence-electron chi connectivity index (χ0n) is 16.8. The Morgan fingerprint density at radius 3 is 2.19 bits per heavy atom. The van der Waals surface area contributed by atoms with Gasteiger partial charge in [0.25, 0.3) is 0 Å². The minimum Gasteiger partial charge on any atom is -0.444 e. The van der Waals surface area contributed by atoms with Gasteiger partial charge in [0, 0.05) is 26.2 Å². The Kier molecular flexibility index (Phi) is 7.68. The first kappa shape index (κ1) is 21.3. The van der Waals surface area contributed by atoms with E-state index in [9.17, 15) is 14.4 Å². The fourth-order valence-corrected chi connectivity index (χ4v) is 3.40. The van der Waals surface area contributed by atoms with Crippen molar-refractivity contribution in [2.45, 2.75) is 58.5 Å². The van der Waals surface area contributed by atoms with Crippen LogP contribution in [0.2, 0.25) is 0 Å². The van der Waals surface area contributed by atoms with Crippen LogP contribution in [0.3, 0.4) is 0 Å². The second kappa shape index (κ2) is 9.76. The third-order valence-corrected chi connectivity index (χ3v) is 4.89. The summed E-state index contributed by atoms with van der Waals surface area (Å²) in [7, 11) is 0. The molecule has 1 aliphatic carbocycles. The predicted octanol–water partition coefficient (Wildman–Crippen LogP) is 2.32. The Morgan fingerprint density at radius 1 is 1.00 bits per heavy atom. The van der Waals surface area contributed by atoms with Crippen molar-refractivity contribution in [2.75, 3.05) is 32.7 Å². The number of piperazine rings is 1.